The summed E-state index contributed by atoms with van der Waals surface area (Å²) in [6.45, 7) is 2.85. The van der Waals surface area contributed by atoms with E-state index in [0.29, 0.717) is 24.6 Å². The second-order valence-corrected chi connectivity index (χ2v) is 9.65. The first-order valence-corrected chi connectivity index (χ1v) is 11.9. The van der Waals surface area contributed by atoms with E-state index in [9.17, 15) is 17.6 Å². The number of benzene rings is 2. The highest BCUT2D eigenvalue weighted by molar-refractivity contribution is 7.89. The molecule has 0 atom stereocenters. The van der Waals surface area contributed by atoms with Gasteiger partial charge in [-0.3, -0.25) is 4.79 Å². The number of rotatable bonds is 5. The van der Waals surface area contributed by atoms with Gasteiger partial charge >= 0.3 is 0 Å². The summed E-state index contributed by atoms with van der Waals surface area (Å²) in [5, 5.41) is 2.70. The number of sulfonamides is 1. The molecule has 0 aromatic heterocycles. The standard InChI is InChI=1S/C22H26FN3O4S/c23-17-5-4-6-18(15-17)24-22(27)20-16-19(31(28,29)26-11-13-30-14-12-26)7-8-21(20)25-9-2-1-3-10-25/h4-8,15-16H,1-3,9-14H2,(H,24,27). The van der Waals surface area contributed by atoms with Crippen molar-refractivity contribution >= 4 is 27.3 Å². The van der Waals surface area contributed by atoms with Crippen LogP contribution >= 0.6 is 0 Å². The summed E-state index contributed by atoms with van der Waals surface area (Å²) in [4.78, 5) is 15.3. The lowest BCUT2D eigenvalue weighted by molar-refractivity contribution is 0.0730. The molecule has 0 unspecified atom stereocenters. The second-order valence-electron chi connectivity index (χ2n) is 7.71. The molecule has 0 radical (unpaired) electrons. The van der Waals surface area contributed by atoms with E-state index >= 15 is 0 Å². The molecule has 31 heavy (non-hydrogen) atoms. The van der Waals surface area contributed by atoms with Crippen molar-refractivity contribution < 1.29 is 22.3 Å². The molecule has 1 N–H and O–H groups in total. The number of hydrogen-bond donors (Lipinski definition) is 1. The lowest BCUT2D eigenvalue weighted by atomic mass is 10.1. The van der Waals surface area contributed by atoms with Gasteiger partial charge in [-0.25, -0.2) is 12.8 Å². The number of amides is 1. The summed E-state index contributed by atoms with van der Waals surface area (Å²) in [7, 11) is -3.75. The van der Waals surface area contributed by atoms with Gasteiger partial charge in [0.15, 0.2) is 0 Å². The molecule has 2 aromatic rings. The molecule has 9 heteroatoms. The number of hydrogen-bond acceptors (Lipinski definition) is 5. The van der Waals surface area contributed by atoms with Crippen LogP contribution in [0.5, 0.6) is 0 Å². The van der Waals surface area contributed by atoms with Crippen molar-refractivity contribution in [1.82, 2.24) is 4.31 Å². The number of carbonyl (C=O) groups is 1. The maximum absolute atomic E-state index is 13.6. The normalized spacial score (nSPS) is 18.0. The fourth-order valence-corrected chi connectivity index (χ4v) is 5.40. The first kappa shape index (κ1) is 21.7. The number of carbonyl (C=O) groups excluding carboxylic acids is 1. The van der Waals surface area contributed by atoms with Crippen molar-refractivity contribution in [3.8, 4) is 0 Å². The molecule has 2 aliphatic rings. The largest absolute Gasteiger partial charge is 0.379 e. The summed E-state index contributed by atoms with van der Waals surface area (Å²) in [5.74, 6) is -0.928. The molecule has 0 saturated carbocycles. The van der Waals surface area contributed by atoms with Crippen molar-refractivity contribution in [2.75, 3.05) is 49.6 Å². The van der Waals surface area contributed by atoms with Crippen molar-refractivity contribution in [2.24, 2.45) is 0 Å². The van der Waals surface area contributed by atoms with Crippen molar-refractivity contribution in [1.29, 1.82) is 0 Å². The van der Waals surface area contributed by atoms with E-state index in [2.05, 4.69) is 10.2 Å². The van der Waals surface area contributed by atoms with E-state index in [0.717, 1.165) is 32.4 Å². The van der Waals surface area contributed by atoms with Gasteiger partial charge in [-0.05, 0) is 55.7 Å². The Morgan fingerprint density at radius 3 is 2.42 bits per heavy atom. The Balaban J connectivity index is 1.70. The van der Waals surface area contributed by atoms with Crippen molar-refractivity contribution in [3.63, 3.8) is 0 Å². The molecule has 0 spiro atoms. The molecular formula is C22H26FN3O4S. The Hall–Kier alpha value is -2.49. The molecule has 7 nitrogen and oxygen atoms in total. The molecular weight excluding hydrogens is 421 g/mol. The van der Waals surface area contributed by atoms with Crippen LogP contribution in [-0.2, 0) is 14.8 Å². The Morgan fingerprint density at radius 2 is 1.71 bits per heavy atom. The number of nitrogens with one attached hydrogen (secondary N) is 1. The summed E-state index contributed by atoms with van der Waals surface area (Å²) in [5.41, 5.74) is 1.27. The van der Waals surface area contributed by atoms with E-state index in [1.165, 1.54) is 28.6 Å². The third-order valence-corrected chi connectivity index (χ3v) is 7.49. The molecule has 4 rings (SSSR count). The van der Waals surface area contributed by atoms with E-state index < -0.39 is 21.7 Å². The van der Waals surface area contributed by atoms with Gasteiger partial charge in [0.25, 0.3) is 5.91 Å². The number of piperidine rings is 1. The average molecular weight is 448 g/mol. The first-order valence-electron chi connectivity index (χ1n) is 10.5. The topological polar surface area (TPSA) is 79.0 Å². The third-order valence-electron chi connectivity index (χ3n) is 5.60. The number of halogens is 1. The number of anilines is 2. The van der Waals surface area contributed by atoms with E-state index in [1.807, 2.05) is 0 Å². The van der Waals surface area contributed by atoms with Gasteiger partial charge in [0.2, 0.25) is 10.0 Å². The molecule has 166 valence electrons. The van der Waals surface area contributed by atoms with Crippen LogP contribution in [0.1, 0.15) is 29.6 Å². The van der Waals surface area contributed by atoms with Crippen LogP contribution in [0.2, 0.25) is 0 Å². The molecule has 2 aliphatic heterocycles. The van der Waals surface area contributed by atoms with Crippen LogP contribution in [0.4, 0.5) is 15.8 Å². The van der Waals surface area contributed by atoms with Gasteiger partial charge in [-0.1, -0.05) is 6.07 Å². The van der Waals surface area contributed by atoms with Gasteiger partial charge in [-0.15, -0.1) is 0 Å². The molecule has 0 aliphatic carbocycles. The zero-order valence-corrected chi connectivity index (χ0v) is 18.0. The fraction of sp³-hybridized carbons (Fsp3) is 0.409. The summed E-state index contributed by atoms with van der Waals surface area (Å²) >= 11 is 0. The van der Waals surface area contributed by atoms with Crippen LogP contribution in [0, 0.1) is 5.82 Å². The highest BCUT2D eigenvalue weighted by Gasteiger charge is 2.29. The van der Waals surface area contributed by atoms with Gasteiger partial charge in [0.1, 0.15) is 5.82 Å². The third kappa shape index (κ3) is 4.89. The SMILES string of the molecule is O=C(Nc1cccc(F)c1)c1cc(S(=O)(=O)N2CCOCC2)ccc1N1CCCCC1. The van der Waals surface area contributed by atoms with Crippen molar-refractivity contribution in [2.45, 2.75) is 24.2 Å². The lowest BCUT2D eigenvalue weighted by Gasteiger charge is -2.31. The van der Waals surface area contributed by atoms with Crippen LogP contribution < -0.4 is 10.2 Å². The van der Waals surface area contributed by atoms with Crippen LogP contribution in [0.15, 0.2) is 47.4 Å². The summed E-state index contributed by atoms with van der Waals surface area (Å²) < 4.78 is 46.5. The number of ether oxygens (including phenoxy) is 1. The van der Waals surface area contributed by atoms with Crippen molar-refractivity contribution in [3.05, 3.63) is 53.8 Å². The highest BCUT2D eigenvalue weighted by Crippen LogP contribution is 2.29. The van der Waals surface area contributed by atoms with Crippen LogP contribution in [0.3, 0.4) is 0 Å². The Labute approximate surface area is 181 Å². The molecule has 2 saturated heterocycles. The zero-order valence-electron chi connectivity index (χ0n) is 17.2. The van der Waals surface area contributed by atoms with Gasteiger partial charge < -0.3 is 15.0 Å². The van der Waals surface area contributed by atoms with Gasteiger partial charge in [-0.2, -0.15) is 4.31 Å². The maximum Gasteiger partial charge on any atom is 0.257 e. The molecule has 1 amide bonds. The number of nitrogens with zero attached hydrogens (tertiary/aromatic N) is 2. The van der Waals surface area contributed by atoms with Gasteiger partial charge in [0.05, 0.1) is 23.7 Å². The summed E-state index contributed by atoms with van der Waals surface area (Å²) in [6.07, 6.45) is 3.16. The highest BCUT2D eigenvalue weighted by atomic mass is 32.2. The Bertz CT molecular complexity index is 1050. The minimum Gasteiger partial charge on any atom is -0.379 e. The monoisotopic (exact) mass is 447 g/mol. The second kappa shape index (κ2) is 9.33. The average Bonchev–Trinajstić information content (AvgIpc) is 2.80. The van der Waals surface area contributed by atoms with Crippen LogP contribution in [-0.4, -0.2) is 58.0 Å². The quantitative estimate of drug-likeness (QED) is 0.762. The minimum atomic E-state index is -3.75. The molecule has 2 fully saturated rings. The van der Waals surface area contributed by atoms with E-state index in [-0.39, 0.29) is 23.5 Å². The predicted molar refractivity (Wildman–Crippen MR) is 116 cm³/mol. The van der Waals surface area contributed by atoms with Gasteiger partial charge in [0, 0.05) is 37.6 Å². The molecule has 2 aromatic carbocycles. The zero-order chi connectivity index (χ0) is 21.8. The maximum atomic E-state index is 13.6. The fourth-order valence-electron chi connectivity index (χ4n) is 3.97. The Kier molecular flexibility index (Phi) is 6.54. The predicted octanol–water partition coefficient (Wildman–Crippen LogP) is 3.09. The van der Waals surface area contributed by atoms with Crippen LogP contribution in [0.25, 0.3) is 0 Å². The van der Waals surface area contributed by atoms with E-state index in [1.54, 1.807) is 18.2 Å². The molecule has 2 heterocycles. The molecule has 0 bridgehead atoms. The number of morpholine rings is 1. The minimum absolute atomic E-state index is 0.0690. The lowest BCUT2D eigenvalue weighted by Crippen LogP contribution is -2.40. The smallest absolute Gasteiger partial charge is 0.257 e. The first-order chi connectivity index (χ1) is 14.9. The van der Waals surface area contributed by atoms with E-state index in [4.69, 9.17) is 4.74 Å². The summed E-state index contributed by atoms with van der Waals surface area (Å²) in [6, 6.07) is 10.3. The Morgan fingerprint density at radius 1 is 0.968 bits per heavy atom.